The number of aromatic nitrogens is 1. The largest absolute Gasteiger partial charge is 0.495 e. The lowest BCUT2D eigenvalue weighted by atomic mass is 9.95. The van der Waals surface area contributed by atoms with E-state index in [-0.39, 0.29) is 11.5 Å². The maximum absolute atomic E-state index is 13.6. The Labute approximate surface area is 246 Å². The first kappa shape index (κ1) is 32.0. The fourth-order valence-corrected chi connectivity index (χ4v) is 4.74. The van der Waals surface area contributed by atoms with Gasteiger partial charge in [-0.3, -0.25) is 4.79 Å². The molecule has 1 aliphatic carbocycles. The second kappa shape index (κ2) is 16.1. The number of nitrogens with zero attached hydrogens (tertiary/aromatic N) is 1. The third kappa shape index (κ3) is 9.01. The van der Waals surface area contributed by atoms with E-state index in [1.807, 2.05) is 27.7 Å². The molecule has 4 heterocycles. The predicted molar refractivity (Wildman–Crippen MR) is 159 cm³/mol. The molecular formula is C31H38F2N4O3S. The van der Waals surface area contributed by atoms with Gasteiger partial charge in [0.15, 0.2) is 5.50 Å². The van der Waals surface area contributed by atoms with E-state index in [0.29, 0.717) is 41.7 Å². The van der Waals surface area contributed by atoms with Crippen molar-refractivity contribution >= 4 is 23.2 Å². The number of carbonyl (C=O) groups is 1. The van der Waals surface area contributed by atoms with Gasteiger partial charge in [0.1, 0.15) is 17.5 Å². The van der Waals surface area contributed by atoms with Crippen LogP contribution >= 0.6 is 11.8 Å². The van der Waals surface area contributed by atoms with Gasteiger partial charge in [-0.2, -0.15) is 0 Å². The van der Waals surface area contributed by atoms with Crippen molar-refractivity contribution in [1.29, 1.82) is 0 Å². The van der Waals surface area contributed by atoms with Crippen LogP contribution in [0.15, 0.2) is 41.4 Å². The molecule has 3 N–H and O–H groups in total. The van der Waals surface area contributed by atoms with Crippen molar-refractivity contribution in [3.8, 4) is 23.7 Å². The average molecular weight is 585 g/mol. The lowest BCUT2D eigenvalue weighted by molar-refractivity contribution is 0.0947. The number of allylic oxidation sites excluding steroid dienone is 2. The van der Waals surface area contributed by atoms with Crippen molar-refractivity contribution in [2.45, 2.75) is 64.9 Å². The molecule has 3 aliphatic heterocycles. The van der Waals surface area contributed by atoms with Crippen LogP contribution in [0.2, 0.25) is 0 Å². The SMILES string of the molecule is CC.CC.COC1=CNC(C(F)F)C=C1c1cc(C#CC2CCOC2)ncc1C(=O)NC1NC=C(C#CC2CC2)S1. The van der Waals surface area contributed by atoms with Crippen LogP contribution in [0.5, 0.6) is 0 Å². The van der Waals surface area contributed by atoms with Gasteiger partial charge in [0.05, 0.1) is 24.2 Å². The number of methoxy groups -OCH3 is 1. The van der Waals surface area contributed by atoms with Gasteiger partial charge >= 0.3 is 0 Å². The molecule has 0 bridgehead atoms. The van der Waals surface area contributed by atoms with Gasteiger partial charge < -0.3 is 25.4 Å². The molecule has 220 valence electrons. The van der Waals surface area contributed by atoms with Crippen LogP contribution in [-0.2, 0) is 9.47 Å². The summed E-state index contributed by atoms with van der Waals surface area (Å²) in [7, 11) is 1.45. The van der Waals surface area contributed by atoms with Gasteiger partial charge in [-0.25, -0.2) is 13.8 Å². The molecule has 1 aromatic rings. The minimum atomic E-state index is -2.65. The monoisotopic (exact) mass is 584 g/mol. The second-order valence-electron chi connectivity index (χ2n) is 8.96. The number of pyridine rings is 1. The summed E-state index contributed by atoms with van der Waals surface area (Å²) in [6.07, 6.45) is 6.43. The first-order valence-electron chi connectivity index (χ1n) is 14.1. The minimum absolute atomic E-state index is 0.110. The van der Waals surface area contributed by atoms with Crippen molar-refractivity contribution in [1.82, 2.24) is 20.9 Å². The molecule has 10 heteroatoms. The molecule has 4 aliphatic rings. The van der Waals surface area contributed by atoms with E-state index < -0.39 is 23.9 Å². The van der Waals surface area contributed by atoms with Crippen molar-refractivity contribution < 1.29 is 23.0 Å². The van der Waals surface area contributed by atoms with Crippen molar-refractivity contribution in [2.24, 2.45) is 11.8 Å². The van der Waals surface area contributed by atoms with Crippen LogP contribution < -0.4 is 16.0 Å². The van der Waals surface area contributed by atoms with E-state index in [1.54, 1.807) is 12.3 Å². The number of rotatable bonds is 5. The summed E-state index contributed by atoms with van der Waals surface area (Å²) in [6.45, 7) is 9.24. The topological polar surface area (TPSA) is 84.5 Å². The Kier molecular flexibility index (Phi) is 12.6. The Morgan fingerprint density at radius 1 is 1.12 bits per heavy atom. The van der Waals surface area contributed by atoms with Crippen LogP contribution in [0.1, 0.15) is 68.6 Å². The number of alkyl halides is 2. The van der Waals surface area contributed by atoms with E-state index >= 15 is 0 Å². The zero-order valence-corrected chi connectivity index (χ0v) is 25.0. The highest BCUT2D eigenvalue weighted by atomic mass is 32.2. The quantitative estimate of drug-likeness (QED) is 0.409. The Bertz CT molecular complexity index is 1280. The van der Waals surface area contributed by atoms with Gasteiger partial charge in [0, 0.05) is 48.2 Å². The number of halogens is 2. The molecule has 1 amide bonds. The standard InChI is InChI=1S/C27H26F2N4O3S.2C2H6/c1-35-24-14-31-23(25(28)29)11-21(24)20-10-18(6-4-17-8-9-36-15-17)30-13-22(20)26(34)33-27-32-12-19(37-27)7-5-16-2-3-16;2*1-2/h10-14,16-17,23,25,27,31-32H,2-3,8-9,15H2,1H3,(H,33,34);2*1-2H3. The predicted octanol–water partition coefficient (Wildman–Crippen LogP) is 5.23. The third-order valence-corrected chi connectivity index (χ3v) is 7.10. The molecule has 1 saturated heterocycles. The molecule has 3 unspecified atom stereocenters. The number of dihydropyridines is 1. The molecular weight excluding hydrogens is 546 g/mol. The molecule has 1 aromatic heterocycles. The van der Waals surface area contributed by atoms with Crippen LogP contribution in [-0.4, -0.2) is 49.2 Å². The van der Waals surface area contributed by atoms with Crippen LogP contribution in [0, 0.1) is 35.5 Å². The van der Waals surface area contributed by atoms with E-state index in [0.717, 1.165) is 24.2 Å². The Morgan fingerprint density at radius 2 is 1.88 bits per heavy atom. The van der Waals surface area contributed by atoms with Gasteiger partial charge in [0.2, 0.25) is 0 Å². The zero-order chi connectivity index (χ0) is 29.8. The highest BCUT2D eigenvalue weighted by Gasteiger charge is 2.28. The minimum Gasteiger partial charge on any atom is -0.495 e. The number of amides is 1. The van der Waals surface area contributed by atoms with Gasteiger partial charge in [-0.15, -0.1) is 0 Å². The normalized spacial score (nSPS) is 22.2. The molecule has 0 radical (unpaired) electrons. The highest BCUT2D eigenvalue weighted by Crippen LogP contribution is 2.32. The number of hydrogen-bond donors (Lipinski definition) is 3. The Morgan fingerprint density at radius 3 is 2.54 bits per heavy atom. The molecule has 1 saturated carbocycles. The van der Waals surface area contributed by atoms with Crippen LogP contribution in [0.4, 0.5) is 8.78 Å². The lowest BCUT2D eigenvalue weighted by Gasteiger charge is -2.24. The third-order valence-electron chi connectivity index (χ3n) is 6.13. The summed E-state index contributed by atoms with van der Waals surface area (Å²) in [5.41, 5.74) is 1.00. The van der Waals surface area contributed by atoms with Crippen molar-refractivity contribution in [3.63, 3.8) is 0 Å². The second-order valence-corrected chi connectivity index (χ2v) is 10.1. The number of ether oxygens (including phenoxy) is 2. The fourth-order valence-electron chi connectivity index (χ4n) is 3.93. The molecule has 3 atom stereocenters. The highest BCUT2D eigenvalue weighted by molar-refractivity contribution is 8.04. The van der Waals surface area contributed by atoms with E-state index in [2.05, 4.69) is 44.6 Å². The van der Waals surface area contributed by atoms with Gasteiger partial charge in [0.25, 0.3) is 12.3 Å². The number of hydrogen-bond acceptors (Lipinski definition) is 7. The summed E-state index contributed by atoms with van der Waals surface area (Å²) in [6, 6.07) is 0.414. The molecule has 41 heavy (non-hydrogen) atoms. The van der Waals surface area contributed by atoms with Gasteiger partial charge in [-0.05, 0) is 37.3 Å². The first-order valence-corrected chi connectivity index (χ1v) is 14.9. The Hall–Kier alpha value is -3.47. The molecule has 5 rings (SSSR count). The van der Waals surface area contributed by atoms with Crippen molar-refractivity contribution in [2.75, 3.05) is 20.3 Å². The van der Waals surface area contributed by atoms with E-state index in [1.165, 1.54) is 37.3 Å². The number of nitrogens with one attached hydrogen (secondary N) is 3. The number of carbonyl (C=O) groups excluding carboxylic acids is 1. The first-order chi connectivity index (χ1) is 20.0. The summed E-state index contributed by atoms with van der Waals surface area (Å²) in [4.78, 5) is 18.6. The summed E-state index contributed by atoms with van der Waals surface area (Å²) < 4.78 is 37.9. The number of thioether (sulfide) groups is 1. The molecule has 0 spiro atoms. The van der Waals surface area contributed by atoms with Crippen LogP contribution in [0.3, 0.4) is 0 Å². The maximum atomic E-state index is 13.6. The smallest absolute Gasteiger partial charge is 0.261 e. The molecule has 0 aromatic carbocycles. The summed E-state index contributed by atoms with van der Waals surface area (Å²) in [5, 5.41) is 8.66. The summed E-state index contributed by atoms with van der Waals surface area (Å²) in [5.74, 6) is 13.0. The molecule has 2 fully saturated rings. The summed E-state index contributed by atoms with van der Waals surface area (Å²) >= 11 is 1.41. The van der Waals surface area contributed by atoms with E-state index in [4.69, 9.17) is 9.47 Å². The van der Waals surface area contributed by atoms with Crippen LogP contribution in [0.25, 0.3) is 5.57 Å². The molecule has 7 nitrogen and oxygen atoms in total. The average Bonchev–Trinajstić information content (AvgIpc) is 3.48. The lowest BCUT2D eigenvalue weighted by Crippen LogP contribution is -2.39. The fraction of sp³-hybridized carbons (Fsp3) is 0.484. The van der Waals surface area contributed by atoms with Crippen molar-refractivity contribution in [3.05, 3.63) is 58.2 Å². The van der Waals surface area contributed by atoms with Gasteiger partial charge in [-0.1, -0.05) is 57.2 Å². The van der Waals surface area contributed by atoms with E-state index in [9.17, 15) is 13.6 Å². The zero-order valence-electron chi connectivity index (χ0n) is 24.1. The maximum Gasteiger partial charge on any atom is 0.261 e. The Balaban J connectivity index is 0.00000111.